The second-order valence-corrected chi connectivity index (χ2v) is 10.1. The van der Waals surface area contributed by atoms with Gasteiger partial charge in [-0.05, 0) is 13.0 Å². The Kier molecular flexibility index (Phi) is 7.45. The maximum Gasteiger partial charge on any atom is 0.220 e. The molecule has 0 aliphatic carbocycles. The molecule has 0 heterocycles. The van der Waals surface area contributed by atoms with E-state index in [1.54, 1.807) is 7.11 Å². The van der Waals surface area contributed by atoms with Crippen molar-refractivity contribution < 1.29 is 14.2 Å². The summed E-state index contributed by atoms with van der Waals surface area (Å²) >= 11 is 0. The third kappa shape index (κ3) is 10.2. The molecule has 0 rings (SSSR count). The van der Waals surface area contributed by atoms with Crippen LogP contribution >= 0.6 is 0 Å². The van der Waals surface area contributed by atoms with E-state index in [0.29, 0.717) is 19.5 Å². The summed E-state index contributed by atoms with van der Waals surface area (Å²) in [5.41, 5.74) is 0. The van der Waals surface area contributed by atoms with Gasteiger partial charge in [0.05, 0.1) is 13.2 Å². The maximum absolute atomic E-state index is 5.44. The highest BCUT2D eigenvalue weighted by Crippen LogP contribution is 2.11. The predicted molar refractivity (Wildman–Crippen MR) is 60.9 cm³/mol. The van der Waals surface area contributed by atoms with E-state index in [-0.39, 0.29) is 0 Å². The van der Waals surface area contributed by atoms with Crippen molar-refractivity contribution in [2.45, 2.75) is 32.6 Å². The van der Waals surface area contributed by atoms with Gasteiger partial charge in [0.1, 0.15) is 0 Å². The standard InChI is InChI=1S/C10H23O3Si/c1-10(12-7-6-11-2)13-8-9-14(3,4)5/h6-9H2,1-5H3. The van der Waals surface area contributed by atoms with E-state index in [4.69, 9.17) is 14.2 Å². The molecule has 0 N–H and O–H groups in total. The molecule has 0 bridgehead atoms. The molecular weight excluding hydrogens is 196 g/mol. The van der Waals surface area contributed by atoms with Gasteiger partial charge in [0, 0.05) is 21.8 Å². The Labute approximate surface area is 88.7 Å². The first-order chi connectivity index (χ1) is 6.45. The lowest BCUT2D eigenvalue weighted by Gasteiger charge is -2.17. The number of rotatable bonds is 8. The van der Waals surface area contributed by atoms with Gasteiger partial charge in [-0.25, -0.2) is 0 Å². The highest BCUT2D eigenvalue weighted by Gasteiger charge is 2.13. The summed E-state index contributed by atoms with van der Waals surface area (Å²) < 4.78 is 15.6. The number of hydrogen-bond donors (Lipinski definition) is 0. The fraction of sp³-hybridized carbons (Fsp3) is 0.900. The number of ether oxygens (including phenoxy) is 3. The van der Waals surface area contributed by atoms with Crippen molar-refractivity contribution in [3.8, 4) is 0 Å². The van der Waals surface area contributed by atoms with Gasteiger partial charge in [-0.3, -0.25) is 0 Å². The quantitative estimate of drug-likeness (QED) is 0.464. The van der Waals surface area contributed by atoms with E-state index in [9.17, 15) is 0 Å². The third-order valence-electron chi connectivity index (χ3n) is 1.75. The Bertz CT molecular complexity index is 134. The Hall–Kier alpha value is 0.0969. The van der Waals surface area contributed by atoms with Crippen LogP contribution in [0.3, 0.4) is 0 Å². The lowest BCUT2D eigenvalue weighted by Crippen LogP contribution is -2.22. The van der Waals surface area contributed by atoms with Crippen LogP contribution in [0.4, 0.5) is 0 Å². The van der Waals surface area contributed by atoms with E-state index in [1.807, 2.05) is 6.92 Å². The fourth-order valence-corrected chi connectivity index (χ4v) is 1.53. The zero-order valence-corrected chi connectivity index (χ0v) is 11.1. The van der Waals surface area contributed by atoms with E-state index in [2.05, 4.69) is 19.6 Å². The van der Waals surface area contributed by atoms with Crippen LogP contribution < -0.4 is 0 Å². The molecule has 1 radical (unpaired) electrons. The molecule has 0 aliphatic rings. The fourth-order valence-electron chi connectivity index (χ4n) is 0.811. The van der Waals surface area contributed by atoms with Crippen molar-refractivity contribution in [3.63, 3.8) is 0 Å². The van der Waals surface area contributed by atoms with Crippen molar-refractivity contribution in [1.82, 2.24) is 0 Å². The topological polar surface area (TPSA) is 27.7 Å². The van der Waals surface area contributed by atoms with Gasteiger partial charge < -0.3 is 14.2 Å². The first-order valence-electron chi connectivity index (χ1n) is 5.04. The van der Waals surface area contributed by atoms with Crippen LogP contribution in [0.2, 0.25) is 25.7 Å². The van der Waals surface area contributed by atoms with Crippen molar-refractivity contribution in [1.29, 1.82) is 0 Å². The molecule has 0 fully saturated rings. The van der Waals surface area contributed by atoms with Crippen LogP contribution in [-0.4, -0.2) is 35.0 Å². The van der Waals surface area contributed by atoms with E-state index < -0.39 is 8.07 Å². The first-order valence-corrected chi connectivity index (χ1v) is 8.74. The summed E-state index contributed by atoms with van der Waals surface area (Å²) in [6.07, 6.45) is 0.653. The van der Waals surface area contributed by atoms with E-state index in [0.717, 1.165) is 12.7 Å². The summed E-state index contributed by atoms with van der Waals surface area (Å²) in [7, 11) is 0.677. The Morgan fingerprint density at radius 2 is 1.57 bits per heavy atom. The lowest BCUT2D eigenvalue weighted by molar-refractivity contribution is -0.0466. The molecule has 0 aromatic carbocycles. The van der Waals surface area contributed by atoms with E-state index in [1.165, 1.54) is 0 Å². The summed E-state index contributed by atoms with van der Waals surface area (Å²) in [6, 6.07) is 1.16. The van der Waals surface area contributed by atoms with Crippen LogP contribution in [0, 0.1) is 6.29 Å². The van der Waals surface area contributed by atoms with E-state index >= 15 is 0 Å². The molecular formula is C10H23O3Si. The average Bonchev–Trinajstić information content (AvgIpc) is 2.02. The van der Waals surface area contributed by atoms with Gasteiger partial charge in [-0.1, -0.05) is 19.6 Å². The van der Waals surface area contributed by atoms with Crippen LogP contribution in [-0.2, 0) is 14.2 Å². The zero-order chi connectivity index (χ0) is 11.0. The predicted octanol–water partition coefficient (Wildman–Crippen LogP) is 2.51. The van der Waals surface area contributed by atoms with Gasteiger partial charge in [0.2, 0.25) is 6.29 Å². The van der Waals surface area contributed by atoms with Crippen LogP contribution in [0.15, 0.2) is 0 Å². The highest BCUT2D eigenvalue weighted by molar-refractivity contribution is 6.76. The Balaban J connectivity index is 3.31. The largest absolute Gasteiger partial charge is 0.382 e. The number of methoxy groups -OCH3 is 1. The third-order valence-corrected chi connectivity index (χ3v) is 3.45. The minimum Gasteiger partial charge on any atom is -0.382 e. The molecule has 0 saturated heterocycles. The molecule has 0 spiro atoms. The molecule has 0 aromatic rings. The summed E-state index contributed by atoms with van der Waals surface area (Å²) in [4.78, 5) is 0. The molecule has 4 heteroatoms. The van der Waals surface area contributed by atoms with Gasteiger partial charge in [0.25, 0.3) is 0 Å². The maximum atomic E-state index is 5.44. The second-order valence-electron chi connectivity index (χ2n) is 4.49. The average molecular weight is 219 g/mol. The van der Waals surface area contributed by atoms with Crippen molar-refractivity contribution in [3.05, 3.63) is 6.29 Å². The molecule has 3 nitrogen and oxygen atoms in total. The summed E-state index contributed by atoms with van der Waals surface area (Å²) in [6.45, 7) is 10.8. The molecule has 0 aromatic heterocycles. The molecule has 14 heavy (non-hydrogen) atoms. The van der Waals surface area contributed by atoms with Gasteiger partial charge in [0.15, 0.2) is 0 Å². The molecule has 0 aliphatic heterocycles. The molecule has 0 unspecified atom stereocenters. The summed E-state index contributed by atoms with van der Waals surface area (Å²) in [5.74, 6) is 0. The van der Waals surface area contributed by atoms with Crippen LogP contribution in [0.5, 0.6) is 0 Å². The Morgan fingerprint density at radius 1 is 1.00 bits per heavy atom. The normalized spacial score (nSPS) is 12.4. The minimum atomic E-state index is -0.981. The molecule has 85 valence electrons. The molecule has 0 atom stereocenters. The van der Waals surface area contributed by atoms with Crippen LogP contribution in [0.25, 0.3) is 0 Å². The van der Waals surface area contributed by atoms with Gasteiger partial charge >= 0.3 is 0 Å². The van der Waals surface area contributed by atoms with Gasteiger partial charge in [-0.2, -0.15) is 0 Å². The van der Waals surface area contributed by atoms with Gasteiger partial charge in [-0.15, -0.1) is 0 Å². The van der Waals surface area contributed by atoms with Crippen molar-refractivity contribution >= 4 is 8.07 Å². The zero-order valence-electron chi connectivity index (χ0n) is 10.1. The summed E-state index contributed by atoms with van der Waals surface area (Å²) in [5, 5.41) is 0. The van der Waals surface area contributed by atoms with Crippen molar-refractivity contribution in [2.24, 2.45) is 0 Å². The SMILES string of the molecule is COCCO[C](C)OCC[Si](C)(C)C. The molecule has 0 amide bonds. The number of hydrogen-bond acceptors (Lipinski definition) is 3. The highest BCUT2D eigenvalue weighted by atomic mass is 28.3. The first kappa shape index (κ1) is 14.1. The monoisotopic (exact) mass is 219 g/mol. The van der Waals surface area contributed by atoms with Crippen LogP contribution in [0.1, 0.15) is 6.92 Å². The Morgan fingerprint density at radius 3 is 2.07 bits per heavy atom. The second kappa shape index (κ2) is 7.40. The van der Waals surface area contributed by atoms with Crippen molar-refractivity contribution in [2.75, 3.05) is 26.9 Å². The lowest BCUT2D eigenvalue weighted by atomic mass is 10.7. The molecule has 0 saturated carbocycles. The minimum absolute atomic E-state index is 0.565. The smallest absolute Gasteiger partial charge is 0.220 e.